The molecule has 6 heteroatoms. The average Bonchev–Trinajstić information content (AvgIpc) is 2.45. The van der Waals surface area contributed by atoms with Gasteiger partial charge in [0.1, 0.15) is 5.60 Å². The van der Waals surface area contributed by atoms with Crippen LogP contribution in [0.3, 0.4) is 0 Å². The topological polar surface area (TPSA) is 84.7 Å². The number of amides is 2. The molecule has 1 aliphatic rings. The Morgan fingerprint density at radius 1 is 1.08 bits per heavy atom. The summed E-state index contributed by atoms with van der Waals surface area (Å²) in [5, 5.41) is 3.06. The third-order valence-electron chi connectivity index (χ3n) is 4.62. The molecule has 0 heterocycles. The molecule has 0 aromatic rings. The zero-order chi connectivity index (χ0) is 19.4. The van der Waals surface area contributed by atoms with Gasteiger partial charge in [0, 0.05) is 18.1 Å². The van der Waals surface area contributed by atoms with E-state index >= 15 is 0 Å². The maximum atomic E-state index is 12.5. The zero-order valence-corrected chi connectivity index (χ0v) is 17.0. The van der Waals surface area contributed by atoms with Gasteiger partial charge < -0.3 is 20.7 Å². The van der Waals surface area contributed by atoms with Crippen molar-refractivity contribution in [3.63, 3.8) is 0 Å². The van der Waals surface area contributed by atoms with E-state index in [1.54, 1.807) is 0 Å². The van der Waals surface area contributed by atoms with Crippen LogP contribution >= 0.6 is 0 Å². The quantitative estimate of drug-likeness (QED) is 0.794. The zero-order valence-electron chi connectivity index (χ0n) is 17.0. The number of carbonyl (C=O) groups is 2. The van der Waals surface area contributed by atoms with Crippen molar-refractivity contribution in [3.8, 4) is 0 Å². The second kappa shape index (κ2) is 8.88. The van der Waals surface area contributed by atoms with Crippen LogP contribution in [0.25, 0.3) is 0 Å². The maximum absolute atomic E-state index is 12.5. The minimum atomic E-state index is -0.498. The number of carbonyl (C=O) groups excluding carboxylic acids is 2. The SMILES string of the molecule is CC(C)[C@H](N)C(=O)NC1CCC(N(C(=O)OC(C)(C)C)C(C)C)CC1. The fourth-order valence-electron chi connectivity index (χ4n) is 3.19. The summed E-state index contributed by atoms with van der Waals surface area (Å²) >= 11 is 0. The Morgan fingerprint density at radius 2 is 1.60 bits per heavy atom. The van der Waals surface area contributed by atoms with Gasteiger partial charge in [0.25, 0.3) is 0 Å². The molecule has 0 aromatic carbocycles. The van der Waals surface area contributed by atoms with E-state index in [1.165, 1.54) is 0 Å². The van der Waals surface area contributed by atoms with Gasteiger partial charge in [-0.25, -0.2) is 4.79 Å². The third kappa shape index (κ3) is 6.84. The molecular weight excluding hydrogens is 318 g/mol. The molecule has 0 spiro atoms. The van der Waals surface area contributed by atoms with Gasteiger partial charge in [-0.15, -0.1) is 0 Å². The molecule has 1 fully saturated rings. The smallest absolute Gasteiger partial charge is 0.410 e. The Balaban J connectivity index is 2.60. The average molecular weight is 356 g/mol. The molecule has 0 radical (unpaired) electrons. The lowest BCUT2D eigenvalue weighted by Gasteiger charge is -2.40. The van der Waals surface area contributed by atoms with Gasteiger partial charge >= 0.3 is 6.09 Å². The van der Waals surface area contributed by atoms with Gasteiger partial charge in [0.2, 0.25) is 5.91 Å². The van der Waals surface area contributed by atoms with E-state index in [9.17, 15) is 9.59 Å². The molecule has 1 aliphatic carbocycles. The van der Waals surface area contributed by atoms with Gasteiger partial charge in [-0.3, -0.25) is 4.79 Å². The molecule has 25 heavy (non-hydrogen) atoms. The Morgan fingerprint density at radius 3 is 2.00 bits per heavy atom. The van der Waals surface area contributed by atoms with Gasteiger partial charge in [0.15, 0.2) is 0 Å². The van der Waals surface area contributed by atoms with Crippen molar-refractivity contribution >= 4 is 12.0 Å². The highest BCUT2D eigenvalue weighted by Gasteiger charge is 2.34. The molecule has 146 valence electrons. The van der Waals surface area contributed by atoms with Crippen molar-refractivity contribution in [1.29, 1.82) is 0 Å². The largest absolute Gasteiger partial charge is 0.444 e. The van der Waals surface area contributed by atoms with E-state index < -0.39 is 11.6 Å². The number of nitrogens with one attached hydrogen (secondary N) is 1. The van der Waals surface area contributed by atoms with Crippen LogP contribution in [0.4, 0.5) is 4.79 Å². The van der Waals surface area contributed by atoms with Crippen LogP contribution in [-0.4, -0.2) is 46.7 Å². The van der Waals surface area contributed by atoms with Crippen molar-refractivity contribution in [2.45, 2.75) is 104 Å². The third-order valence-corrected chi connectivity index (χ3v) is 4.62. The van der Waals surface area contributed by atoms with E-state index in [0.717, 1.165) is 25.7 Å². The number of nitrogens with two attached hydrogens (primary N) is 1. The molecule has 0 aromatic heterocycles. The van der Waals surface area contributed by atoms with Crippen molar-refractivity contribution in [2.75, 3.05) is 0 Å². The maximum Gasteiger partial charge on any atom is 0.410 e. The lowest BCUT2D eigenvalue weighted by atomic mass is 9.89. The van der Waals surface area contributed by atoms with E-state index in [2.05, 4.69) is 5.32 Å². The molecule has 0 unspecified atom stereocenters. The van der Waals surface area contributed by atoms with Crippen LogP contribution in [0.5, 0.6) is 0 Å². The molecule has 0 bridgehead atoms. The second-order valence-corrected chi connectivity index (χ2v) is 8.77. The van der Waals surface area contributed by atoms with Crippen LogP contribution in [0.15, 0.2) is 0 Å². The first-order valence-corrected chi connectivity index (χ1v) is 9.49. The molecule has 3 N–H and O–H groups in total. The van der Waals surface area contributed by atoms with Crippen molar-refractivity contribution < 1.29 is 14.3 Å². The van der Waals surface area contributed by atoms with Crippen molar-refractivity contribution in [2.24, 2.45) is 11.7 Å². The van der Waals surface area contributed by atoms with Crippen LogP contribution in [0.2, 0.25) is 0 Å². The second-order valence-electron chi connectivity index (χ2n) is 8.77. The van der Waals surface area contributed by atoms with Crippen LogP contribution in [-0.2, 0) is 9.53 Å². The van der Waals surface area contributed by atoms with Crippen molar-refractivity contribution in [1.82, 2.24) is 10.2 Å². The standard InChI is InChI=1S/C19H37N3O3/c1-12(2)16(20)17(23)21-14-8-10-15(11-9-14)22(13(3)4)18(24)25-19(5,6)7/h12-16H,8-11,20H2,1-7H3,(H,21,23)/t14?,15?,16-/m0/s1. The summed E-state index contributed by atoms with van der Waals surface area (Å²) in [5.41, 5.74) is 5.41. The minimum Gasteiger partial charge on any atom is -0.444 e. The summed E-state index contributed by atoms with van der Waals surface area (Å²) in [6, 6.07) is -0.0880. The summed E-state index contributed by atoms with van der Waals surface area (Å²) in [7, 11) is 0. The van der Waals surface area contributed by atoms with Gasteiger partial charge in [-0.1, -0.05) is 13.8 Å². The van der Waals surface area contributed by atoms with E-state index in [1.807, 2.05) is 53.4 Å². The molecule has 1 saturated carbocycles. The Hall–Kier alpha value is -1.30. The number of rotatable bonds is 5. The summed E-state index contributed by atoms with van der Waals surface area (Å²) < 4.78 is 5.56. The Bertz CT molecular complexity index is 449. The monoisotopic (exact) mass is 355 g/mol. The summed E-state index contributed by atoms with van der Waals surface area (Å²) in [6.45, 7) is 13.6. The minimum absolute atomic E-state index is 0.0775. The first-order chi connectivity index (χ1) is 11.4. The van der Waals surface area contributed by atoms with E-state index in [4.69, 9.17) is 10.5 Å². The number of nitrogens with zero attached hydrogens (tertiary/aromatic N) is 1. The lowest BCUT2D eigenvalue weighted by molar-refractivity contribution is -0.124. The van der Waals surface area contributed by atoms with E-state index in [-0.39, 0.29) is 36.0 Å². The molecule has 6 nitrogen and oxygen atoms in total. The highest BCUT2D eigenvalue weighted by Crippen LogP contribution is 2.26. The predicted octanol–water partition coefficient (Wildman–Crippen LogP) is 3.04. The molecule has 0 aliphatic heterocycles. The highest BCUT2D eigenvalue weighted by atomic mass is 16.6. The first-order valence-electron chi connectivity index (χ1n) is 9.49. The number of ether oxygens (including phenoxy) is 1. The number of hydrogen-bond donors (Lipinski definition) is 2. The van der Waals surface area contributed by atoms with Crippen LogP contribution in [0.1, 0.15) is 74.1 Å². The number of hydrogen-bond acceptors (Lipinski definition) is 4. The van der Waals surface area contributed by atoms with Gasteiger partial charge in [-0.2, -0.15) is 0 Å². The molecular formula is C19H37N3O3. The van der Waals surface area contributed by atoms with Crippen LogP contribution in [0, 0.1) is 5.92 Å². The fraction of sp³-hybridized carbons (Fsp3) is 0.895. The summed E-state index contributed by atoms with van der Waals surface area (Å²) in [4.78, 5) is 26.5. The fourth-order valence-corrected chi connectivity index (χ4v) is 3.19. The Labute approximate surface area is 152 Å². The normalized spacial score (nSPS) is 22.6. The molecule has 1 atom stereocenters. The van der Waals surface area contributed by atoms with Gasteiger partial charge in [-0.05, 0) is 66.2 Å². The summed E-state index contributed by atoms with van der Waals surface area (Å²) in [6.07, 6.45) is 3.18. The summed E-state index contributed by atoms with van der Waals surface area (Å²) in [5.74, 6) is 0.0475. The molecule has 2 amide bonds. The molecule has 1 rings (SSSR count). The van der Waals surface area contributed by atoms with Gasteiger partial charge in [0.05, 0.1) is 6.04 Å². The first kappa shape index (κ1) is 21.7. The van der Waals surface area contributed by atoms with Crippen molar-refractivity contribution in [3.05, 3.63) is 0 Å². The van der Waals surface area contributed by atoms with Crippen LogP contribution < -0.4 is 11.1 Å². The van der Waals surface area contributed by atoms with E-state index in [0.29, 0.717) is 0 Å². The molecule has 0 saturated heterocycles. The Kier molecular flexibility index (Phi) is 7.72. The predicted molar refractivity (Wildman–Crippen MR) is 100 cm³/mol. The lowest BCUT2D eigenvalue weighted by Crippen LogP contribution is -2.52. The highest BCUT2D eigenvalue weighted by molar-refractivity contribution is 5.82.